The van der Waals surface area contributed by atoms with E-state index in [-0.39, 0.29) is 0 Å². The van der Waals surface area contributed by atoms with E-state index in [2.05, 4.69) is 59.3 Å². The van der Waals surface area contributed by atoms with Gasteiger partial charge in [0.15, 0.2) is 4.34 Å². The van der Waals surface area contributed by atoms with Gasteiger partial charge in [-0.2, -0.15) is 0 Å². The number of nitrogens with zero attached hydrogens (tertiary/aromatic N) is 5. The minimum Gasteiger partial charge on any atom is -0.221 e. The number of halogens is 2. The predicted octanol–water partition coefficient (Wildman–Crippen LogP) is 3.22. The van der Waals surface area contributed by atoms with E-state index in [1.54, 1.807) is 16.0 Å². The van der Waals surface area contributed by atoms with Crippen LogP contribution in [0.25, 0.3) is 0 Å². The third kappa shape index (κ3) is 2.82. The van der Waals surface area contributed by atoms with Gasteiger partial charge in [-0.1, -0.05) is 18.3 Å². The van der Waals surface area contributed by atoms with Crippen molar-refractivity contribution < 1.29 is 0 Å². The standard InChI is InChI=1S/C7H7Br2N5S2/c1-2-3-14-6(11-12-13-14)16-7-10-4(8)5(9)15-7/h2-3H2,1H3. The molecule has 0 aromatic carbocycles. The molecule has 0 aliphatic carbocycles. The average molecular weight is 385 g/mol. The second-order valence-electron chi connectivity index (χ2n) is 2.83. The van der Waals surface area contributed by atoms with E-state index in [4.69, 9.17) is 0 Å². The van der Waals surface area contributed by atoms with E-state index >= 15 is 0 Å². The Hall–Kier alpha value is 0.01000. The fraction of sp³-hybridized carbons (Fsp3) is 0.429. The Bertz CT molecular complexity index is 463. The molecule has 0 amide bonds. The summed E-state index contributed by atoms with van der Waals surface area (Å²) in [5.74, 6) is 0. The van der Waals surface area contributed by atoms with Crippen molar-refractivity contribution in [3.05, 3.63) is 8.39 Å². The van der Waals surface area contributed by atoms with Crippen LogP contribution in [-0.2, 0) is 6.54 Å². The molecular weight excluding hydrogens is 378 g/mol. The van der Waals surface area contributed by atoms with E-state index in [1.807, 2.05) is 0 Å². The highest BCUT2D eigenvalue weighted by Gasteiger charge is 2.12. The Kier molecular flexibility index (Phi) is 4.34. The summed E-state index contributed by atoms with van der Waals surface area (Å²) in [5.41, 5.74) is 0. The maximum Gasteiger partial charge on any atom is 0.216 e. The van der Waals surface area contributed by atoms with Crippen LogP contribution < -0.4 is 0 Å². The van der Waals surface area contributed by atoms with Crippen LogP contribution in [0.15, 0.2) is 17.9 Å². The first-order chi connectivity index (χ1) is 7.70. The lowest BCUT2D eigenvalue weighted by molar-refractivity contribution is 0.539. The van der Waals surface area contributed by atoms with Crippen molar-refractivity contribution in [1.29, 1.82) is 0 Å². The molecular formula is C7H7Br2N5S2. The Labute approximate surface area is 117 Å². The first-order valence-corrected chi connectivity index (χ1v) is 7.68. The van der Waals surface area contributed by atoms with Crippen molar-refractivity contribution in [3.8, 4) is 0 Å². The van der Waals surface area contributed by atoms with E-state index in [9.17, 15) is 0 Å². The monoisotopic (exact) mass is 383 g/mol. The van der Waals surface area contributed by atoms with Crippen molar-refractivity contribution in [1.82, 2.24) is 25.2 Å². The Morgan fingerprint density at radius 1 is 1.44 bits per heavy atom. The van der Waals surface area contributed by atoms with Crippen LogP contribution in [0.1, 0.15) is 13.3 Å². The Morgan fingerprint density at radius 2 is 2.25 bits per heavy atom. The van der Waals surface area contributed by atoms with Crippen LogP contribution in [0.5, 0.6) is 0 Å². The second kappa shape index (κ2) is 5.56. The van der Waals surface area contributed by atoms with E-state index in [0.29, 0.717) is 0 Å². The van der Waals surface area contributed by atoms with Gasteiger partial charge in [0.25, 0.3) is 0 Å². The molecule has 0 atom stereocenters. The third-order valence-electron chi connectivity index (χ3n) is 1.64. The van der Waals surface area contributed by atoms with Crippen LogP contribution in [0.4, 0.5) is 0 Å². The number of aryl methyl sites for hydroxylation is 1. The zero-order chi connectivity index (χ0) is 11.5. The first kappa shape index (κ1) is 12.5. The first-order valence-electron chi connectivity index (χ1n) is 4.46. The van der Waals surface area contributed by atoms with Crippen molar-refractivity contribution in [2.75, 3.05) is 0 Å². The highest BCUT2D eigenvalue weighted by Crippen LogP contribution is 2.36. The molecule has 0 unspecified atom stereocenters. The molecule has 2 heterocycles. The molecule has 0 fully saturated rings. The molecule has 16 heavy (non-hydrogen) atoms. The lowest BCUT2D eigenvalue weighted by atomic mass is 10.5. The minimum atomic E-state index is 0.774. The zero-order valence-electron chi connectivity index (χ0n) is 8.22. The van der Waals surface area contributed by atoms with E-state index < -0.39 is 0 Å². The van der Waals surface area contributed by atoms with E-state index in [0.717, 1.165) is 30.9 Å². The summed E-state index contributed by atoms with van der Waals surface area (Å²) >= 11 is 9.78. The lowest BCUT2D eigenvalue weighted by Crippen LogP contribution is -2.00. The summed E-state index contributed by atoms with van der Waals surface area (Å²) in [5, 5.41) is 12.3. The normalized spacial score (nSPS) is 10.9. The maximum atomic E-state index is 4.33. The predicted molar refractivity (Wildman–Crippen MR) is 69.7 cm³/mol. The molecule has 0 saturated heterocycles. The topological polar surface area (TPSA) is 56.5 Å². The van der Waals surface area contributed by atoms with Crippen LogP contribution >= 0.6 is 55.0 Å². The van der Waals surface area contributed by atoms with Crippen molar-refractivity contribution in [2.45, 2.75) is 29.4 Å². The summed E-state index contributed by atoms with van der Waals surface area (Å²) < 4.78 is 4.48. The smallest absolute Gasteiger partial charge is 0.216 e. The number of rotatable bonds is 4. The number of aromatic nitrogens is 5. The highest BCUT2D eigenvalue weighted by molar-refractivity contribution is 9.13. The van der Waals surface area contributed by atoms with Crippen molar-refractivity contribution >= 4 is 55.0 Å². The van der Waals surface area contributed by atoms with Crippen LogP contribution in [0.2, 0.25) is 0 Å². The summed E-state index contributed by atoms with van der Waals surface area (Å²) in [6.07, 6.45) is 1.00. The molecule has 0 bridgehead atoms. The fourth-order valence-corrected chi connectivity index (χ4v) is 4.20. The number of tetrazole rings is 1. The number of hydrogen-bond donors (Lipinski definition) is 0. The van der Waals surface area contributed by atoms with Gasteiger partial charge in [-0.15, -0.1) is 5.10 Å². The van der Waals surface area contributed by atoms with Gasteiger partial charge >= 0.3 is 0 Å². The minimum absolute atomic E-state index is 0.774. The fourth-order valence-electron chi connectivity index (χ4n) is 1.01. The summed E-state index contributed by atoms with van der Waals surface area (Å²) in [7, 11) is 0. The molecule has 0 N–H and O–H groups in total. The molecule has 0 aliphatic rings. The largest absolute Gasteiger partial charge is 0.221 e. The zero-order valence-corrected chi connectivity index (χ0v) is 13.0. The summed E-state index contributed by atoms with van der Waals surface area (Å²) in [4.78, 5) is 4.33. The molecule has 0 radical (unpaired) electrons. The third-order valence-corrected chi connectivity index (χ3v) is 5.75. The van der Waals surface area contributed by atoms with Crippen molar-refractivity contribution in [2.24, 2.45) is 0 Å². The van der Waals surface area contributed by atoms with Crippen LogP contribution in [0, 0.1) is 0 Å². The quantitative estimate of drug-likeness (QED) is 0.809. The summed E-state index contributed by atoms with van der Waals surface area (Å²) in [6, 6.07) is 0. The Morgan fingerprint density at radius 3 is 2.88 bits per heavy atom. The number of hydrogen-bond acceptors (Lipinski definition) is 6. The van der Waals surface area contributed by atoms with Gasteiger partial charge in [0.1, 0.15) is 8.39 Å². The molecule has 9 heteroatoms. The Balaban J connectivity index is 2.16. The molecule has 0 saturated carbocycles. The van der Waals surface area contributed by atoms with Gasteiger partial charge in [0.2, 0.25) is 5.16 Å². The molecule has 0 spiro atoms. The van der Waals surface area contributed by atoms with Crippen molar-refractivity contribution in [3.63, 3.8) is 0 Å². The molecule has 86 valence electrons. The number of thiazole rings is 1. The summed E-state index contributed by atoms with van der Waals surface area (Å²) in [6.45, 7) is 2.91. The van der Waals surface area contributed by atoms with Gasteiger partial charge in [-0.05, 0) is 60.5 Å². The molecule has 0 aliphatic heterocycles. The van der Waals surface area contributed by atoms with Gasteiger partial charge in [0.05, 0.1) is 0 Å². The van der Waals surface area contributed by atoms with Gasteiger partial charge in [-0.3, -0.25) is 0 Å². The second-order valence-corrected chi connectivity index (χ2v) is 7.11. The molecule has 2 rings (SSSR count). The molecule has 5 nitrogen and oxygen atoms in total. The molecule has 2 aromatic heterocycles. The average Bonchev–Trinajstić information content (AvgIpc) is 2.77. The molecule has 2 aromatic rings. The van der Waals surface area contributed by atoms with Gasteiger partial charge in [-0.25, -0.2) is 9.67 Å². The SMILES string of the molecule is CCCn1nnnc1Sc1nc(Br)c(Br)s1. The lowest BCUT2D eigenvalue weighted by Gasteiger charge is -1.98. The maximum absolute atomic E-state index is 4.33. The van der Waals surface area contributed by atoms with Gasteiger partial charge in [0, 0.05) is 6.54 Å². The highest BCUT2D eigenvalue weighted by atomic mass is 79.9. The van der Waals surface area contributed by atoms with E-state index in [1.165, 1.54) is 11.8 Å². The van der Waals surface area contributed by atoms with Crippen LogP contribution in [-0.4, -0.2) is 25.2 Å². The van der Waals surface area contributed by atoms with Crippen LogP contribution in [0.3, 0.4) is 0 Å². The van der Waals surface area contributed by atoms with Gasteiger partial charge < -0.3 is 0 Å².